The van der Waals surface area contributed by atoms with Crippen molar-refractivity contribution in [3.05, 3.63) is 91.0 Å². The van der Waals surface area contributed by atoms with E-state index in [9.17, 15) is 0 Å². The maximum Gasteiger partial charge on any atom is 0.139 e. The van der Waals surface area contributed by atoms with Gasteiger partial charge in [-0.1, -0.05) is 90.4 Å². The summed E-state index contributed by atoms with van der Waals surface area (Å²) in [5, 5.41) is 2.70. The molecule has 0 saturated carbocycles. The highest BCUT2D eigenvalue weighted by Crippen LogP contribution is 2.39. The number of fused-ring (bicyclic) bond motifs is 3. The standard InChI is InChI=1S/C24H17BS/c25-19-14-12-17(13-15-19)16-8-10-18(11-9-16)20-5-3-6-22-21-4-1-2-7-23(21)26-24(20)22/h1-15H,25H2. The van der Waals surface area contributed by atoms with E-state index in [1.165, 1.54) is 47.9 Å². The van der Waals surface area contributed by atoms with Gasteiger partial charge in [0.1, 0.15) is 7.85 Å². The molecule has 0 spiro atoms. The van der Waals surface area contributed by atoms with Crippen LogP contribution in [0.25, 0.3) is 42.4 Å². The van der Waals surface area contributed by atoms with Crippen molar-refractivity contribution in [1.29, 1.82) is 0 Å². The Morgan fingerprint density at radius 1 is 0.538 bits per heavy atom. The Hall–Kier alpha value is -2.84. The Morgan fingerprint density at radius 3 is 1.92 bits per heavy atom. The summed E-state index contributed by atoms with van der Waals surface area (Å²) in [7, 11) is 2.12. The Balaban J connectivity index is 1.62. The van der Waals surface area contributed by atoms with Crippen LogP contribution in [0, 0.1) is 0 Å². The molecule has 0 nitrogen and oxygen atoms in total. The predicted octanol–water partition coefficient (Wildman–Crippen LogP) is 5.65. The van der Waals surface area contributed by atoms with Crippen LogP contribution in [0.1, 0.15) is 0 Å². The van der Waals surface area contributed by atoms with Gasteiger partial charge in [0, 0.05) is 20.2 Å². The van der Waals surface area contributed by atoms with Crippen LogP contribution in [0.2, 0.25) is 0 Å². The van der Waals surface area contributed by atoms with E-state index in [0.717, 1.165) is 0 Å². The summed E-state index contributed by atoms with van der Waals surface area (Å²) in [6, 6.07) is 33.0. The van der Waals surface area contributed by atoms with E-state index in [1.54, 1.807) is 0 Å². The maximum absolute atomic E-state index is 2.24. The van der Waals surface area contributed by atoms with Gasteiger partial charge < -0.3 is 0 Å². The molecule has 5 rings (SSSR count). The third-order valence-corrected chi connectivity index (χ3v) is 6.20. The first kappa shape index (κ1) is 15.4. The van der Waals surface area contributed by atoms with E-state index < -0.39 is 0 Å². The molecule has 1 aromatic heterocycles. The van der Waals surface area contributed by atoms with Crippen LogP contribution in [0.3, 0.4) is 0 Å². The Labute approximate surface area is 158 Å². The summed E-state index contributed by atoms with van der Waals surface area (Å²) < 4.78 is 2.73. The Bertz CT molecular complexity index is 1220. The summed E-state index contributed by atoms with van der Waals surface area (Å²) in [4.78, 5) is 0. The van der Waals surface area contributed by atoms with Crippen LogP contribution in [0.15, 0.2) is 91.0 Å². The molecule has 122 valence electrons. The Kier molecular flexibility index (Phi) is 3.65. The number of hydrogen-bond donors (Lipinski definition) is 0. The molecule has 0 saturated heterocycles. The number of thiophene rings is 1. The lowest BCUT2D eigenvalue weighted by atomic mass is 9.93. The summed E-state index contributed by atoms with van der Waals surface area (Å²) >= 11 is 1.89. The fourth-order valence-corrected chi connectivity index (χ4v) is 4.80. The molecule has 26 heavy (non-hydrogen) atoms. The van der Waals surface area contributed by atoms with Crippen LogP contribution in [0.4, 0.5) is 0 Å². The highest BCUT2D eigenvalue weighted by atomic mass is 32.1. The fraction of sp³-hybridized carbons (Fsp3) is 0. The molecule has 0 aliphatic rings. The first-order chi connectivity index (χ1) is 12.8. The zero-order valence-corrected chi connectivity index (χ0v) is 15.4. The van der Waals surface area contributed by atoms with Gasteiger partial charge in [-0.05, 0) is 28.3 Å². The zero-order chi connectivity index (χ0) is 17.5. The lowest BCUT2D eigenvalue weighted by Gasteiger charge is -2.07. The van der Waals surface area contributed by atoms with Gasteiger partial charge in [-0.3, -0.25) is 0 Å². The summed E-state index contributed by atoms with van der Waals surface area (Å²) in [6.45, 7) is 0. The molecule has 1 heterocycles. The molecule has 0 unspecified atom stereocenters. The van der Waals surface area contributed by atoms with Gasteiger partial charge in [0.05, 0.1) is 0 Å². The van der Waals surface area contributed by atoms with Gasteiger partial charge in [-0.25, -0.2) is 0 Å². The molecule has 0 bridgehead atoms. The molecule has 0 atom stereocenters. The van der Waals surface area contributed by atoms with E-state index in [0.29, 0.717) is 0 Å². The molecule has 0 N–H and O–H groups in total. The van der Waals surface area contributed by atoms with Gasteiger partial charge in [0.25, 0.3) is 0 Å². The van der Waals surface area contributed by atoms with Gasteiger partial charge in [0.2, 0.25) is 0 Å². The van der Waals surface area contributed by atoms with E-state index >= 15 is 0 Å². The molecule has 0 amide bonds. The monoisotopic (exact) mass is 348 g/mol. The van der Waals surface area contributed by atoms with Gasteiger partial charge in [-0.2, -0.15) is 0 Å². The number of benzene rings is 4. The van der Waals surface area contributed by atoms with Crippen molar-refractivity contribution in [2.24, 2.45) is 0 Å². The third kappa shape index (κ3) is 2.54. The van der Waals surface area contributed by atoms with Crippen molar-refractivity contribution >= 4 is 44.8 Å². The quantitative estimate of drug-likeness (QED) is 0.362. The summed E-state index contributed by atoms with van der Waals surface area (Å²) in [5.74, 6) is 0. The maximum atomic E-state index is 2.24. The lowest BCUT2D eigenvalue weighted by Crippen LogP contribution is -1.99. The van der Waals surface area contributed by atoms with E-state index in [2.05, 4.69) is 98.8 Å². The second kappa shape index (κ2) is 6.15. The highest BCUT2D eigenvalue weighted by Gasteiger charge is 2.10. The van der Waals surface area contributed by atoms with E-state index in [-0.39, 0.29) is 0 Å². The zero-order valence-electron chi connectivity index (χ0n) is 14.6. The van der Waals surface area contributed by atoms with Crippen molar-refractivity contribution in [2.75, 3.05) is 0 Å². The van der Waals surface area contributed by atoms with Gasteiger partial charge in [0.15, 0.2) is 0 Å². The third-order valence-electron chi connectivity index (χ3n) is 4.99. The molecule has 0 aliphatic carbocycles. The molecular formula is C24H17BS. The lowest BCUT2D eigenvalue weighted by molar-refractivity contribution is 1.62. The van der Waals surface area contributed by atoms with Crippen molar-refractivity contribution in [3.63, 3.8) is 0 Å². The molecule has 0 radical (unpaired) electrons. The topological polar surface area (TPSA) is 0 Å². The van der Waals surface area contributed by atoms with E-state index in [1.807, 2.05) is 11.3 Å². The van der Waals surface area contributed by atoms with E-state index in [4.69, 9.17) is 0 Å². The minimum Gasteiger partial charge on any atom is -0.135 e. The second-order valence-electron chi connectivity index (χ2n) is 6.72. The second-order valence-corrected chi connectivity index (χ2v) is 7.78. The first-order valence-corrected chi connectivity index (χ1v) is 9.69. The molecule has 0 aliphatic heterocycles. The predicted molar refractivity (Wildman–Crippen MR) is 118 cm³/mol. The largest absolute Gasteiger partial charge is 0.139 e. The average Bonchev–Trinajstić information content (AvgIpc) is 3.08. The number of rotatable bonds is 2. The van der Waals surface area contributed by atoms with Crippen LogP contribution < -0.4 is 5.46 Å². The minimum atomic E-state index is 1.26. The van der Waals surface area contributed by atoms with Crippen LogP contribution in [0.5, 0.6) is 0 Å². The number of hydrogen-bond acceptors (Lipinski definition) is 1. The summed E-state index contributed by atoms with van der Waals surface area (Å²) in [6.07, 6.45) is 0. The first-order valence-electron chi connectivity index (χ1n) is 8.87. The van der Waals surface area contributed by atoms with Crippen molar-refractivity contribution < 1.29 is 0 Å². The summed E-state index contributed by atoms with van der Waals surface area (Å²) in [5.41, 5.74) is 6.42. The minimum absolute atomic E-state index is 1.26. The van der Waals surface area contributed by atoms with Crippen molar-refractivity contribution in [2.45, 2.75) is 0 Å². The molecular weight excluding hydrogens is 331 g/mol. The average molecular weight is 348 g/mol. The van der Waals surface area contributed by atoms with Crippen LogP contribution in [-0.4, -0.2) is 7.85 Å². The fourth-order valence-electron chi connectivity index (χ4n) is 3.56. The molecule has 2 heteroatoms. The SMILES string of the molecule is Bc1ccc(-c2ccc(-c3cccc4c3sc3ccccc34)cc2)cc1. The smallest absolute Gasteiger partial charge is 0.135 e. The molecule has 0 fully saturated rings. The van der Waals surface area contributed by atoms with Crippen LogP contribution in [-0.2, 0) is 0 Å². The Morgan fingerprint density at radius 2 is 1.15 bits per heavy atom. The van der Waals surface area contributed by atoms with Crippen LogP contribution >= 0.6 is 11.3 Å². The normalized spacial score (nSPS) is 11.2. The molecule has 4 aromatic carbocycles. The van der Waals surface area contributed by atoms with Crippen molar-refractivity contribution in [1.82, 2.24) is 0 Å². The molecule has 5 aromatic rings. The van der Waals surface area contributed by atoms with Crippen molar-refractivity contribution in [3.8, 4) is 22.3 Å². The van der Waals surface area contributed by atoms with Gasteiger partial charge >= 0.3 is 0 Å². The van der Waals surface area contributed by atoms with Gasteiger partial charge in [-0.15, -0.1) is 11.3 Å². The highest BCUT2D eigenvalue weighted by molar-refractivity contribution is 7.26.